The maximum Gasteiger partial charge on any atom is 0.191 e. The summed E-state index contributed by atoms with van der Waals surface area (Å²) in [5, 5.41) is 11.5. The molecular formula is C20H31IN6. The number of hydrogen-bond donors (Lipinski definition) is 2. The zero-order chi connectivity index (χ0) is 18.5. The van der Waals surface area contributed by atoms with Crippen LogP contribution in [0, 0.1) is 13.8 Å². The van der Waals surface area contributed by atoms with Crippen LogP contribution < -0.4 is 10.6 Å². The number of nitrogens with zero attached hydrogens (tertiary/aromatic N) is 4. The van der Waals surface area contributed by atoms with E-state index in [1.807, 2.05) is 11.7 Å². The Balaban J connectivity index is 0.00000261. The van der Waals surface area contributed by atoms with Crippen molar-refractivity contribution in [3.8, 4) is 0 Å². The van der Waals surface area contributed by atoms with Crippen LogP contribution in [0.25, 0.3) is 0 Å². The average molecular weight is 482 g/mol. The minimum absolute atomic E-state index is 0. The molecule has 0 saturated heterocycles. The van der Waals surface area contributed by atoms with Crippen LogP contribution in [0.3, 0.4) is 0 Å². The summed E-state index contributed by atoms with van der Waals surface area (Å²) in [4.78, 5) is 8.95. The smallest absolute Gasteiger partial charge is 0.191 e. The highest BCUT2D eigenvalue weighted by molar-refractivity contribution is 14.0. The van der Waals surface area contributed by atoms with Crippen LogP contribution in [-0.4, -0.2) is 40.4 Å². The van der Waals surface area contributed by atoms with Gasteiger partial charge in [-0.2, -0.15) is 5.10 Å². The van der Waals surface area contributed by atoms with Crippen molar-refractivity contribution in [3.63, 3.8) is 0 Å². The number of halogens is 1. The van der Waals surface area contributed by atoms with Gasteiger partial charge in [0.1, 0.15) is 5.82 Å². The van der Waals surface area contributed by atoms with E-state index in [4.69, 9.17) is 0 Å². The van der Waals surface area contributed by atoms with Gasteiger partial charge in [-0.05, 0) is 32.3 Å². The van der Waals surface area contributed by atoms with Crippen LogP contribution in [0.1, 0.15) is 41.7 Å². The highest BCUT2D eigenvalue weighted by Gasteiger charge is 2.21. The molecule has 0 fully saturated rings. The molecule has 1 aliphatic rings. The van der Waals surface area contributed by atoms with Gasteiger partial charge in [0.05, 0.1) is 6.54 Å². The van der Waals surface area contributed by atoms with E-state index >= 15 is 0 Å². The van der Waals surface area contributed by atoms with E-state index in [2.05, 4.69) is 64.7 Å². The summed E-state index contributed by atoms with van der Waals surface area (Å²) in [6, 6.07) is 7.05. The molecule has 3 rings (SSSR count). The average Bonchev–Trinajstić information content (AvgIpc) is 3.02. The fourth-order valence-electron chi connectivity index (χ4n) is 3.55. The van der Waals surface area contributed by atoms with Crippen molar-refractivity contribution in [2.75, 3.05) is 13.6 Å². The SMILES string of the molecule is CCc1nc2n(n1)CC(NC(=NC)NCCc1cc(C)cc(C)c1)CC2.I. The number of fused-ring (bicyclic) bond motifs is 1. The third-order valence-electron chi connectivity index (χ3n) is 4.77. The molecular weight excluding hydrogens is 451 g/mol. The Kier molecular flexibility index (Phi) is 8.07. The standard InChI is InChI=1S/C20H30N6.HI/c1-5-18-24-19-7-6-17(13-26(19)25-18)23-20(21-4)22-9-8-16-11-14(2)10-15(3)12-16;/h10-12,17H,5-9,13H2,1-4H3,(H2,21,22,23);1H. The Labute approximate surface area is 179 Å². The zero-order valence-corrected chi connectivity index (χ0v) is 19.1. The highest BCUT2D eigenvalue weighted by atomic mass is 127. The van der Waals surface area contributed by atoms with Gasteiger partial charge < -0.3 is 10.6 Å². The number of nitrogens with one attached hydrogen (secondary N) is 2. The van der Waals surface area contributed by atoms with Crippen molar-refractivity contribution in [2.24, 2.45) is 4.99 Å². The third kappa shape index (κ3) is 5.92. The number of benzene rings is 1. The molecule has 6 nitrogen and oxygen atoms in total. The van der Waals surface area contributed by atoms with E-state index in [0.717, 1.165) is 56.4 Å². The molecule has 0 bridgehead atoms. The molecule has 0 saturated carbocycles. The molecule has 1 atom stereocenters. The maximum atomic E-state index is 4.58. The maximum absolute atomic E-state index is 4.58. The molecule has 2 N–H and O–H groups in total. The number of hydrogen-bond acceptors (Lipinski definition) is 3. The van der Waals surface area contributed by atoms with Gasteiger partial charge >= 0.3 is 0 Å². The van der Waals surface area contributed by atoms with E-state index in [1.54, 1.807) is 0 Å². The van der Waals surface area contributed by atoms with Gasteiger partial charge in [-0.15, -0.1) is 24.0 Å². The largest absolute Gasteiger partial charge is 0.356 e. The molecule has 148 valence electrons. The minimum atomic E-state index is 0. The minimum Gasteiger partial charge on any atom is -0.356 e. The molecule has 0 aliphatic carbocycles. The number of guanidine groups is 1. The van der Waals surface area contributed by atoms with Crippen molar-refractivity contribution in [2.45, 2.75) is 59.0 Å². The molecule has 1 aliphatic heterocycles. The second-order valence-electron chi connectivity index (χ2n) is 7.10. The Hall–Kier alpha value is -1.64. The van der Waals surface area contributed by atoms with Crippen molar-refractivity contribution in [1.29, 1.82) is 0 Å². The van der Waals surface area contributed by atoms with E-state index in [-0.39, 0.29) is 24.0 Å². The Morgan fingerprint density at radius 3 is 2.67 bits per heavy atom. The molecule has 1 aromatic heterocycles. The second kappa shape index (κ2) is 10.1. The molecule has 1 unspecified atom stereocenters. The Morgan fingerprint density at radius 2 is 2.00 bits per heavy atom. The van der Waals surface area contributed by atoms with Crippen LogP contribution >= 0.6 is 24.0 Å². The van der Waals surface area contributed by atoms with Gasteiger partial charge in [-0.25, -0.2) is 9.67 Å². The van der Waals surface area contributed by atoms with Gasteiger partial charge in [0.25, 0.3) is 0 Å². The normalized spacial score (nSPS) is 16.4. The van der Waals surface area contributed by atoms with Crippen LogP contribution in [0.4, 0.5) is 0 Å². The Bertz CT molecular complexity index is 763. The summed E-state index contributed by atoms with van der Waals surface area (Å²) in [5.74, 6) is 2.91. The van der Waals surface area contributed by atoms with E-state index < -0.39 is 0 Å². The summed E-state index contributed by atoms with van der Waals surface area (Å²) < 4.78 is 2.04. The molecule has 0 amide bonds. The first-order valence-corrected chi connectivity index (χ1v) is 9.54. The molecule has 1 aromatic carbocycles. The Morgan fingerprint density at radius 1 is 1.26 bits per heavy atom. The van der Waals surface area contributed by atoms with E-state index in [9.17, 15) is 0 Å². The van der Waals surface area contributed by atoms with Crippen LogP contribution in [0.2, 0.25) is 0 Å². The summed E-state index contributed by atoms with van der Waals surface area (Å²) in [6.45, 7) is 8.11. The predicted octanol–water partition coefficient (Wildman–Crippen LogP) is 2.80. The first kappa shape index (κ1) is 21.7. The fourth-order valence-corrected chi connectivity index (χ4v) is 3.55. The zero-order valence-electron chi connectivity index (χ0n) is 16.7. The van der Waals surface area contributed by atoms with Crippen molar-refractivity contribution in [1.82, 2.24) is 25.4 Å². The monoisotopic (exact) mass is 482 g/mol. The molecule has 2 aromatic rings. The first-order valence-electron chi connectivity index (χ1n) is 9.54. The number of aryl methyl sites for hydroxylation is 4. The lowest BCUT2D eigenvalue weighted by atomic mass is 10.1. The van der Waals surface area contributed by atoms with Crippen LogP contribution in [0.15, 0.2) is 23.2 Å². The van der Waals surface area contributed by atoms with Crippen molar-refractivity contribution >= 4 is 29.9 Å². The van der Waals surface area contributed by atoms with Crippen LogP contribution in [-0.2, 0) is 25.8 Å². The van der Waals surface area contributed by atoms with Crippen molar-refractivity contribution < 1.29 is 0 Å². The lowest BCUT2D eigenvalue weighted by molar-refractivity contribution is 0.392. The number of rotatable bonds is 5. The number of aromatic nitrogens is 3. The topological polar surface area (TPSA) is 67.1 Å². The van der Waals surface area contributed by atoms with Gasteiger partial charge in [-0.3, -0.25) is 4.99 Å². The summed E-state index contributed by atoms with van der Waals surface area (Å²) in [5.41, 5.74) is 4.00. The van der Waals surface area contributed by atoms with Crippen LogP contribution in [0.5, 0.6) is 0 Å². The van der Waals surface area contributed by atoms with Gasteiger partial charge in [0.15, 0.2) is 11.8 Å². The van der Waals surface area contributed by atoms with Gasteiger partial charge in [0.2, 0.25) is 0 Å². The van der Waals surface area contributed by atoms with Crippen molar-refractivity contribution in [3.05, 3.63) is 46.5 Å². The summed E-state index contributed by atoms with van der Waals surface area (Å²) in [7, 11) is 1.82. The predicted molar refractivity (Wildman–Crippen MR) is 121 cm³/mol. The molecule has 0 radical (unpaired) electrons. The summed E-state index contributed by atoms with van der Waals surface area (Å²) in [6.07, 6.45) is 3.89. The highest BCUT2D eigenvalue weighted by Crippen LogP contribution is 2.13. The molecule has 0 spiro atoms. The molecule has 27 heavy (non-hydrogen) atoms. The molecule has 2 heterocycles. The van der Waals surface area contributed by atoms with Gasteiger partial charge in [-0.1, -0.05) is 36.2 Å². The molecule has 7 heteroatoms. The summed E-state index contributed by atoms with van der Waals surface area (Å²) >= 11 is 0. The quantitative estimate of drug-likeness (QED) is 0.391. The first-order chi connectivity index (χ1) is 12.6. The fraction of sp³-hybridized carbons (Fsp3) is 0.550. The second-order valence-corrected chi connectivity index (χ2v) is 7.10. The lowest BCUT2D eigenvalue weighted by Gasteiger charge is -2.25. The number of aliphatic imine (C=N–C) groups is 1. The lowest BCUT2D eigenvalue weighted by Crippen LogP contribution is -2.47. The van der Waals surface area contributed by atoms with Gasteiger partial charge in [0, 0.05) is 32.5 Å². The third-order valence-corrected chi connectivity index (χ3v) is 4.77. The van der Waals surface area contributed by atoms with E-state index in [0.29, 0.717) is 6.04 Å². The van der Waals surface area contributed by atoms with E-state index in [1.165, 1.54) is 16.7 Å².